The van der Waals surface area contributed by atoms with Crippen molar-refractivity contribution >= 4 is 22.0 Å². The summed E-state index contributed by atoms with van der Waals surface area (Å²) in [6.45, 7) is 2.13. The summed E-state index contributed by atoms with van der Waals surface area (Å²) in [7, 11) is 3.26. The third kappa shape index (κ3) is 2.52. The highest BCUT2D eigenvalue weighted by molar-refractivity contribution is 5.95. The van der Waals surface area contributed by atoms with Crippen LogP contribution in [0.2, 0.25) is 0 Å². The summed E-state index contributed by atoms with van der Waals surface area (Å²) < 4.78 is 16.4. The molecular formula is C26H20N2O4. The van der Waals surface area contributed by atoms with Gasteiger partial charge in [-0.2, -0.15) is 0 Å². The van der Waals surface area contributed by atoms with E-state index in [-0.39, 0.29) is 5.92 Å². The lowest BCUT2D eigenvalue weighted by molar-refractivity contribution is 0.356. The van der Waals surface area contributed by atoms with Crippen molar-refractivity contribution < 1.29 is 13.9 Å². The molecule has 6 heteroatoms. The lowest BCUT2D eigenvalue weighted by Gasteiger charge is -2.18. The monoisotopic (exact) mass is 424 g/mol. The molecule has 0 bridgehead atoms. The predicted molar refractivity (Wildman–Crippen MR) is 123 cm³/mol. The number of oxazole rings is 1. The van der Waals surface area contributed by atoms with E-state index in [2.05, 4.69) is 24.0 Å². The molecule has 0 fully saturated rings. The van der Waals surface area contributed by atoms with Gasteiger partial charge >= 0.3 is 5.76 Å². The van der Waals surface area contributed by atoms with E-state index in [1.807, 2.05) is 42.5 Å². The molecule has 0 radical (unpaired) electrons. The minimum absolute atomic E-state index is 0.00556. The molecule has 5 aromatic rings. The third-order valence-electron chi connectivity index (χ3n) is 6.38. The molecule has 2 aromatic heterocycles. The first-order chi connectivity index (χ1) is 15.6. The van der Waals surface area contributed by atoms with Gasteiger partial charge in [0.15, 0.2) is 17.1 Å². The van der Waals surface area contributed by atoms with Crippen LogP contribution in [0.25, 0.3) is 33.3 Å². The highest BCUT2D eigenvalue weighted by Crippen LogP contribution is 2.51. The maximum Gasteiger partial charge on any atom is 0.417 e. The fraction of sp³-hybridized carbons (Fsp3) is 0.154. The summed E-state index contributed by atoms with van der Waals surface area (Å²) in [5.74, 6) is 0.845. The van der Waals surface area contributed by atoms with Crippen molar-refractivity contribution in [1.29, 1.82) is 0 Å². The second-order valence-corrected chi connectivity index (χ2v) is 8.02. The number of H-pyrrole nitrogens is 1. The second kappa shape index (κ2) is 6.72. The Balaban J connectivity index is 1.73. The average molecular weight is 424 g/mol. The molecule has 1 unspecified atom stereocenters. The number of hydrogen-bond acceptors (Lipinski definition) is 5. The van der Waals surface area contributed by atoms with Crippen LogP contribution >= 0.6 is 0 Å². The molecule has 2 heterocycles. The zero-order chi connectivity index (χ0) is 22.0. The van der Waals surface area contributed by atoms with E-state index in [4.69, 9.17) is 18.9 Å². The number of aromatic amines is 1. The molecule has 1 aliphatic carbocycles. The van der Waals surface area contributed by atoms with Gasteiger partial charge in [-0.3, -0.25) is 4.98 Å². The molecular weight excluding hydrogens is 404 g/mol. The van der Waals surface area contributed by atoms with Gasteiger partial charge < -0.3 is 13.9 Å². The number of rotatable bonds is 3. The zero-order valence-corrected chi connectivity index (χ0v) is 17.9. The highest BCUT2D eigenvalue weighted by Gasteiger charge is 2.34. The summed E-state index contributed by atoms with van der Waals surface area (Å²) >= 11 is 0. The quantitative estimate of drug-likeness (QED) is 0.425. The summed E-state index contributed by atoms with van der Waals surface area (Å²) in [5, 5.41) is 1.02. The number of hydrogen-bond donors (Lipinski definition) is 1. The van der Waals surface area contributed by atoms with E-state index < -0.39 is 5.76 Å². The van der Waals surface area contributed by atoms with Gasteiger partial charge in [-0.05, 0) is 47.4 Å². The van der Waals surface area contributed by atoms with Crippen LogP contribution < -0.4 is 15.2 Å². The van der Waals surface area contributed by atoms with Crippen LogP contribution in [-0.2, 0) is 0 Å². The van der Waals surface area contributed by atoms with Gasteiger partial charge in [-0.1, -0.05) is 30.3 Å². The van der Waals surface area contributed by atoms with E-state index >= 15 is 0 Å². The van der Waals surface area contributed by atoms with E-state index in [1.165, 1.54) is 5.56 Å². The number of benzene rings is 3. The summed E-state index contributed by atoms with van der Waals surface area (Å²) in [6.07, 6.45) is 0. The number of nitrogens with zero attached hydrogens (tertiary/aromatic N) is 1. The molecule has 158 valence electrons. The largest absolute Gasteiger partial charge is 0.493 e. The number of fused-ring (bicyclic) bond motifs is 5. The number of pyridine rings is 1. The molecule has 6 rings (SSSR count). The number of methoxy groups -OCH3 is 2. The van der Waals surface area contributed by atoms with Gasteiger partial charge in [0.2, 0.25) is 0 Å². The Morgan fingerprint density at radius 1 is 1.00 bits per heavy atom. The van der Waals surface area contributed by atoms with Crippen molar-refractivity contribution in [3.63, 3.8) is 0 Å². The van der Waals surface area contributed by atoms with Gasteiger partial charge in [0.05, 0.1) is 30.9 Å². The van der Waals surface area contributed by atoms with Crippen molar-refractivity contribution in [2.45, 2.75) is 12.8 Å². The fourth-order valence-electron chi connectivity index (χ4n) is 4.93. The topological polar surface area (TPSA) is 77.4 Å². The molecule has 3 aromatic carbocycles. The average Bonchev–Trinajstić information content (AvgIpc) is 3.33. The molecule has 1 aliphatic rings. The SMILES string of the molecule is COc1cc2nc3c(c(C)c2cc1OC)C(c1ccccc1)c1cc2[nH]c(=O)oc2cc1-3. The van der Waals surface area contributed by atoms with Crippen LogP contribution in [0.5, 0.6) is 11.5 Å². The smallest absolute Gasteiger partial charge is 0.417 e. The third-order valence-corrected chi connectivity index (χ3v) is 6.38. The molecule has 0 amide bonds. The Labute approximate surface area is 183 Å². The van der Waals surface area contributed by atoms with Crippen molar-refractivity contribution in [2.75, 3.05) is 14.2 Å². The summed E-state index contributed by atoms with van der Waals surface area (Å²) in [5.41, 5.74) is 8.48. The van der Waals surface area contributed by atoms with Crippen molar-refractivity contribution in [3.05, 3.63) is 87.4 Å². The van der Waals surface area contributed by atoms with E-state index in [9.17, 15) is 4.79 Å². The van der Waals surface area contributed by atoms with Gasteiger partial charge in [0.1, 0.15) is 0 Å². The van der Waals surface area contributed by atoms with Crippen LogP contribution in [0.1, 0.15) is 28.2 Å². The van der Waals surface area contributed by atoms with Crippen molar-refractivity contribution in [1.82, 2.24) is 9.97 Å². The molecule has 0 saturated heterocycles. The maximum atomic E-state index is 11.8. The van der Waals surface area contributed by atoms with Crippen molar-refractivity contribution in [2.24, 2.45) is 0 Å². The lowest BCUT2D eigenvalue weighted by atomic mass is 9.86. The normalized spacial score (nSPS) is 14.5. The van der Waals surface area contributed by atoms with E-state index in [0.29, 0.717) is 22.6 Å². The van der Waals surface area contributed by atoms with Crippen LogP contribution in [-0.4, -0.2) is 24.2 Å². The van der Waals surface area contributed by atoms with Crippen LogP contribution in [0.3, 0.4) is 0 Å². The Hall–Kier alpha value is -4.06. The summed E-state index contributed by atoms with van der Waals surface area (Å²) in [4.78, 5) is 19.7. The fourth-order valence-corrected chi connectivity index (χ4v) is 4.93. The molecule has 1 N–H and O–H groups in total. The van der Waals surface area contributed by atoms with Crippen LogP contribution in [0, 0.1) is 6.92 Å². The highest BCUT2D eigenvalue weighted by atomic mass is 16.5. The second-order valence-electron chi connectivity index (χ2n) is 8.02. The van der Waals surface area contributed by atoms with E-state index in [0.717, 1.165) is 38.9 Å². The molecule has 0 aliphatic heterocycles. The van der Waals surface area contributed by atoms with Crippen molar-refractivity contribution in [3.8, 4) is 22.8 Å². The molecule has 1 atom stereocenters. The Bertz CT molecular complexity index is 1580. The first kappa shape index (κ1) is 18.7. The van der Waals surface area contributed by atoms with Gasteiger partial charge in [-0.25, -0.2) is 9.78 Å². The van der Waals surface area contributed by atoms with Gasteiger partial charge in [0.25, 0.3) is 0 Å². The van der Waals surface area contributed by atoms with Crippen LogP contribution in [0.15, 0.2) is 63.8 Å². The minimum atomic E-state index is -0.459. The minimum Gasteiger partial charge on any atom is -0.493 e. The van der Waals surface area contributed by atoms with Crippen LogP contribution in [0.4, 0.5) is 0 Å². The predicted octanol–water partition coefficient (Wildman–Crippen LogP) is 5.16. The first-order valence-corrected chi connectivity index (χ1v) is 10.4. The number of aromatic nitrogens is 2. The van der Waals surface area contributed by atoms with Gasteiger partial charge in [-0.15, -0.1) is 0 Å². The first-order valence-electron chi connectivity index (χ1n) is 10.4. The van der Waals surface area contributed by atoms with Gasteiger partial charge in [0, 0.05) is 22.9 Å². The number of ether oxygens (including phenoxy) is 2. The summed E-state index contributed by atoms with van der Waals surface area (Å²) in [6, 6.07) is 18.2. The molecule has 0 saturated carbocycles. The number of aryl methyl sites for hydroxylation is 1. The Kier molecular flexibility index (Phi) is 3.92. The Morgan fingerprint density at radius 2 is 1.75 bits per heavy atom. The standard InChI is InChI=1S/C26H20N2O4/c1-13-15-10-21(30-2)22(31-3)12-18(15)27-25-17-11-20-19(28-26(29)32-20)9-16(17)24(23(13)25)14-7-5-4-6-8-14/h4-12,24H,1-3H3,(H,28,29). The Morgan fingerprint density at radius 3 is 2.50 bits per heavy atom. The lowest BCUT2D eigenvalue weighted by Crippen LogP contribution is -2.03. The van der Waals surface area contributed by atoms with E-state index in [1.54, 1.807) is 14.2 Å². The molecule has 0 spiro atoms. The zero-order valence-electron chi connectivity index (χ0n) is 17.9. The maximum absolute atomic E-state index is 11.8. The molecule has 6 nitrogen and oxygen atoms in total. The molecule has 32 heavy (non-hydrogen) atoms. The number of nitrogens with one attached hydrogen (secondary N) is 1.